The van der Waals surface area contributed by atoms with Crippen molar-refractivity contribution in [2.75, 3.05) is 13.1 Å². The van der Waals surface area contributed by atoms with E-state index < -0.39 is 5.97 Å². The topological polar surface area (TPSA) is 49.8 Å². The molecule has 4 heteroatoms. The summed E-state index contributed by atoms with van der Waals surface area (Å²) in [6, 6.07) is 13.1. The van der Waals surface area contributed by atoms with Crippen LogP contribution in [-0.4, -0.2) is 35.2 Å². The molecule has 0 bridgehead atoms. The van der Waals surface area contributed by atoms with Gasteiger partial charge in [0.2, 0.25) is 0 Å². The van der Waals surface area contributed by atoms with E-state index in [2.05, 4.69) is 48.2 Å². The van der Waals surface area contributed by atoms with E-state index in [1.165, 1.54) is 48.4 Å². The molecule has 0 spiro atoms. The Morgan fingerprint density at radius 3 is 2.38 bits per heavy atom. The minimum absolute atomic E-state index is 0.168. The number of hydrogen-bond acceptors (Lipinski definition) is 3. The van der Waals surface area contributed by atoms with E-state index in [0.29, 0.717) is 6.10 Å². The quantitative estimate of drug-likeness (QED) is 0.703. The lowest BCUT2D eigenvalue weighted by Crippen LogP contribution is -2.35. The summed E-state index contributed by atoms with van der Waals surface area (Å²) < 4.78 is 6.28. The second-order valence-corrected chi connectivity index (χ2v) is 8.90. The molecule has 0 atom stereocenters. The molecule has 0 radical (unpaired) electrons. The monoisotopic (exact) mass is 395 g/mol. The van der Waals surface area contributed by atoms with Crippen LogP contribution in [0.25, 0.3) is 10.8 Å². The molecule has 2 aromatic rings. The van der Waals surface area contributed by atoms with Gasteiger partial charge < -0.3 is 9.84 Å². The van der Waals surface area contributed by atoms with Crippen LogP contribution in [0.2, 0.25) is 0 Å². The first-order chi connectivity index (χ1) is 14.1. The van der Waals surface area contributed by atoms with Gasteiger partial charge in [0.15, 0.2) is 0 Å². The first-order valence-corrected chi connectivity index (χ1v) is 11.2. The number of piperidine rings is 1. The summed E-state index contributed by atoms with van der Waals surface area (Å²) >= 11 is 0. The van der Waals surface area contributed by atoms with Crippen molar-refractivity contribution in [2.45, 2.75) is 64.5 Å². The highest BCUT2D eigenvalue weighted by Crippen LogP contribution is 2.31. The zero-order valence-electron chi connectivity index (χ0n) is 17.5. The van der Waals surface area contributed by atoms with Gasteiger partial charge in [0.05, 0.1) is 12.0 Å². The third kappa shape index (κ3) is 5.11. The molecule has 156 valence electrons. The molecular formula is C25H33NO3. The first kappa shape index (κ1) is 20.2. The van der Waals surface area contributed by atoms with Crippen LogP contribution in [-0.2, 0) is 11.3 Å². The molecule has 1 aliphatic carbocycles. The van der Waals surface area contributed by atoms with E-state index in [1.54, 1.807) is 0 Å². The number of likely N-dealkylation sites (tertiary alicyclic amines) is 1. The molecule has 2 aliphatic rings. The number of aliphatic carboxylic acids is 1. The molecule has 29 heavy (non-hydrogen) atoms. The number of rotatable bonds is 6. The summed E-state index contributed by atoms with van der Waals surface area (Å²) in [5.41, 5.74) is 1.29. The second kappa shape index (κ2) is 9.17. The van der Waals surface area contributed by atoms with Crippen LogP contribution in [0, 0.1) is 11.8 Å². The number of nitrogens with zero attached hydrogens (tertiary/aromatic N) is 1. The first-order valence-electron chi connectivity index (χ1n) is 11.2. The van der Waals surface area contributed by atoms with E-state index in [1.807, 2.05) is 0 Å². The van der Waals surface area contributed by atoms with Gasteiger partial charge in [-0.1, -0.05) is 31.5 Å². The highest BCUT2D eigenvalue weighted by atomic mass is 16.5. The van der Waals surface area contributed by atoms with E-state index in [-0.39, 0.29) is 5.92 Å². The Balaban J connectivity index is 1.35. The Kier molecular flexibility index (Phi) is 6.39. The lowest BCUT2D eigenvalue weighted by Gasteiger charge is -2.30. The maximum Gasteiger partial charge on any atom is 0.306 e. The van der Waals surface area contributed by atoms with Crippen molar-refractivity contribution in [1.82, 2.24) is 4.90 Å². The minimum Gasteiger partial charge on any atom is -0.490 e. The predicted octanol–water partition coefficient (Wildman–Crippen LogP) is 5.48. The average molecular weight is 396 g/mol. The van der Waals surface area contributed by atoms with Gasteiger partial charge in [0.25, 0.3) is 0 Å². The summed E-state index contributed by atoms with van der Waals surface area (Å²) in [6.07, 6.45) is 8.10. The highest BCUT2D eigenvalue weighted by Gasteiger charge is 2.24. The number of benzene rings is 2. The average Bonchev–Trinajstić information content (AvgIpc) is 2.75. The molecule has 1 N–H and O–H groups in total. The fourth-order valence-corrected chi connectivity index (χ4v) is 4.89. The van der Waals surface area contributed by atoms with Gasteiger partial charge in [-0.25, -0.2) is 0 Å². The smallest absolute Gasteiger partial charge is 0.306 e. The largest absolute Gasteiger partial charge is 0.490 e. The molecule has 1 saturated heterocycles. The molecule has 0 aromatic heterocycles. The molecule has 4 rings (SSSR count). The highest BCUT2D eigenvalue weighted by molar-refractivity contribution is 5.84. The molecule has 0 amide bonds. The number of hydrogen-bond donors (Lipinski definition) is 1. The van der Waals surface area contributed by atoms with Crippen LogP contribution in [0.1, 0.15) is 57.4 Å². The summed E-state index contributed by atoms with van der Waals surface area (Å²) in [5, 5.41) is 11.6. The van der Waals surface area contributed by atoms with Gasteiger partial charge in [-0.15, -0.1) is 0 Å². The molecular weight excluding hydrogens is 362 g/mol. The van der Waals surface area contributed by atoms with Gasteiger partial charge in [-0.2, -0.15) is 0 Å². The number of carboxylic acids is 1. The lowest BCUT2D eigenvalue weighted by molar-refractivity contribution is -0.143. The fraction of sp³-hybridized carbons (Fsp3) is 0.560. The van der Waals surface area contributed by atoms with Crippen molar-refractivity contribution < 1.29 is 14.6 Å². The molecule has 4 nitrogen and oxygen atoms in total. The lowest BCUT2D eigenvalue weighted by atomic mass is 9.86. The van der Waals surface area contributed by atoms with Crippen LogP contribution in [0.3, 0.4) is 0 Å². The maximum atomic E-state index is 11.1. The molecule has 1 saturated carbocycles. The van der Waals surface area contributed by atoms with Crippen molar-refractivity contribution in [3.63, 3.8) is 0 Å². The Morgan fingerprint density at radius 2 is 1.69 bits per heavy atom. The van der Waals surface area contributed by atoms with Gasteiger partial charge in [0.1, 0.15) is 5.75 Å². The third-order valence-electron chi connectivity index (χ3n) is 6.89. The molecule has 0 unspecified atom stereocenters. The van der Waals surface area contributed by atoms with Crippen LogP contribution in [0.4, 0.5) is 0 Å². The Bertz CT molecular complexity index is 833. The number of carboxylic acid groups (broad SMARTS) is 1. The predicted molar refractivity (Wildman–Crippen MR) is 116 cm³/mol. The minimum atomic E-state index is -0.646. The van der Waals surface area contributed by atoms with E-state index >= 15 is 0 Å². The standard InChI is InChI=1S/C25H33NO3/c1-2-18-4-8-23(9-5-18)29-24-10-7-21-15-19(3-6-22(21)16-24)17-26-13-11-20(12-14-26)25(27)28/h3,6-7,10,15-16,18,20,23H,2,4-5,8-9,11-14,17H2,1H3,(H,27,28)/t18-,23-. The van der Waals surface area contributed by atoms with Crippen LogP contribution >= 0.6 is 0 Å². The van der Waals surface area contributed by atoms with Crippen molar-refractivity contribution in [1.29, 1.82) is 0 Å². The Labute approximate surface area is 173 Å². The second-order valence-electron chi connectivity index (χ2n) is 8.90. The molecule has 2 fully saturated rings. The Hall–Kier alpha value is -2.07. The fourth-order valence-electron chi connectivity index (χ4n) is 4.89. The van der Waals surface area contributed by atoms with E-state index in [0.717, 1.165) is 44.1 Å². The maximum absolute atomic E-state index is 11.1. The Morgan fingerprint density at radius 1 is 1.00 bits per heavy atom. The number of ether oxygens (including phenoxy) is 1. The van der Waals surface area contributed by atoms with E-state index in [9.17, 15) is 4.79 Å². The molecule has 1 heterocycles. The van der Waals surface area contributed by atoms with Gasteiger partial charge in [-0.05, 0) is 92.1 Å². The number of carbonyl (C=O) groups is 1. The SMILES string of the molecule is CC[C@H]1CC[C@H](Oc2ccc3cc(CN4CCC(C(=O)O)CC4)ccc3c2)CC1. The zero-order chi connectivity index (χ0) is 20.2. The molecule has 2 aromatic carbocycles. The van der Waals surface area contributed by atoms with Gasteiger partial charge in [-0.3, -0.25) is 9.69 Å². The summed E-state index contributed by atoms with van der Waals surface area (Å²) in [4.78, 5) is 13.5. The van der Waals surface area contributed by atoms with Crippen molar-refractivity contribution in [3.8, 4) is 5.75 Å². The van der Waals surface area contributed by atoms with Crippen LogP contribution in [0.5, 0.6) is 5.75 Å². The summed E-state index contributed by atoms with van der Waals surface area (Å²) in [7, 11) is 0. The van der Waals surface area contributed by atoms with Crippen LogP contribution in [0.15, 0.2) is 36.4 Å². The van der Waals surface area contributed by atoms with Gasteiger partial charge >= 0.3 is 5.97 Å². The normalized spacial score (nSPS) is 23.9. The summed E-state index contributed by atoms with van der Waals surface area (Å²) in [5.74, 6) is 1.06. The third-order valence-corrected chi connectivity index (χ3v) is 6.89. The zero-order valence-corrected chi connectivity index (χ0v) is 17.5. The van der Waals surface area contributed by atoms with Crippen molar-refractivity contribution in [2.24, 2.45) is 11.8 Å². The number of fused-ring (bicyclic) bond motifs is 1. The van der Waals surface area contributed by atoms with Gasteiger partial charge in [0, 0.05) is 6.54 Å². The van der Waals surface area contributed by atoms with Crippen LogP contribution < -0.4 is 4.74 Å². The molecule has 1 aliphatic heterocycles. The van der Waals surface area contributed by atoms with Crippen molar-refractivity contribution >= 4 is 16.7 Å². The van der Waals surface area contributed by atoms with E-state index in [4.69, 9.17) is 9.84 Å². The summed E-state index contributed by atoms with van der Waals surface area (Å²) in [6.45, 7) is 4.91. The van der Waals surface area contributed by atoms with Crippen molar-refractivity contribution in [3.05, 3.63) is 42.0 Å².